The minimum atomic E-state index is -2.90. The van der Waals surface area contributed by atoms with Crippen molar-refractivity contribution in [1.82, 2.24) is 14.8 Å². The third kappa shape index (κ3) is 4.15. The maximum absolute atomic E-state index is 12.4. The largest absolute Gasteiger partial charge is 0.435 e. The van der Waals surface area contributed by atoms with Crippen molar-refractivity contribution in [2.24, 2.45) is 0 Å². The van der Waals surface area contributed by atoms with Gasteiger partial charge in [0, 0.05) is 5.70 Å². The molecular weight excluding hydrogens is 392 g/mol. The van der Waals surface area contributed by atoms with Crippen LogP contribution < -0.4 is 14.8 Å². The van der Waals surface area contributed by atoms with E-state index in [4.69, 9.17) is 0 Å². The second-order valence-electron chi connectivity index (χ2n) is 6.03. The van der Waals surface area contributed by atoms with Crippen LogP contribution in [-0.2, 0) is 0 Å². The highest BCUT2D eigenvalue weighted by atomic mass is 19.3. The molecule has 1 aliphatic heterocycles. The third-order valence-corrected chi connectivity index (χ3v) is 4.24. The fourth-order valence-corrected chi connectivity index (χ4v) is 3.00. The van der Waals surface area contributed by atoms with Crippen molar-refractivity contribution >= 4 is 11.6 Å². The lowest BCUT2D eigenvalue weighted by Crippen LogP contribution is -2.20. The van der Waals surface area contributed by atoms with Crippen LogP contribution in [0.15, 0.2) is 60.9 Å². The summed E-state index contributed by atoms with van der Waals surface area (Å²) in [4.78, 5) is 4.17. The third-order valence-electron chi connectivity index (χ3n) is 4.24. The Bertz CT molecular complexity index is 1000. The summed E-state index contributed by atoms with van der Waals surface area (Å²) in [6, 6.07) is 12.0. The molecule has 1 N–H and O–H groups in total. The molecule has 0 saturated heterocycles. The predicted molar refractivity (Wildman–Crippen MR) is 95.9 cm³/mol. The lowest BCUT2D eigenvalue weighted by molar-refractivity contribution is -0.0505. The Kier molecular flexibility index (Phi) is 5.07. The quantitative estimate of drug-likeness (QED) is 0.610. The van der Waals surface area contributed by atoms with E-state index in [1.165, 1.54) is 30.6 Å². The zero-order chi connectivity index (χ0) is 20.4. The minimum Gasteiger partial charge on any atom is -0.435 e. The van der Waals surface area contributed by atoms with Crippen molar-refractivity contribution in [3.8, 4) is 11.5 Å². The van der Waals surface area contributed by atoms with E-state index in [0.29, 0.717) is 11.6 Å². The van der Waals surface area contributed by atoms with E-state index in [0.717, 1.165) is 11.1 Å². The molecule has 1 aliphatic rings. The molecule has 0 saturated carbocycles. The first kappa shape index (κ1) is 18.8. The summed E-state index contributed by atoms with van der Waals surface area (Å²) in [5.41, 5.74) is 2.19. The van der Waals surface area contributed by atoms with Crippen molar-refractivity contribution < 1.29 is 27.0 Å². The van der Waals surface area contributed by atoms with E-state index >= 15 is 0 Å². The van der Waals surface area contributed by atoms with Gasteiger partial charge in [0.2, 0.25) is 5.95 Å². The summed E-state index contributed by atoms with van der Waals surface area (Å²) >= 11 is 0. The number of aromatic nitrogens is 3. The Morgan fingerprint density at radius 2 is 1.45 bits per heavy atom. The molecule has 2 heterocycles. The molecule has 6 nitrogen and oxygen atoms in total. The summed E-state index contributed by atoms with van der Waals surface area (Å²) in [5.74, 6) is 0.582. The van der Waals surface area contributed by atoms with Gasteiger partial charge in [0.25, 0.3) is 0 Å². The molecule has 3 aromatic rings. The molecule has 2 aromatic carbocycles. The van der Waals surface area contributed by atoms with Gasteiger partial charge in [-0.15, -0.1) is 0 Å². The monoisotopic (exact) mass is 406 g/mol. The van der Waals surface area contributed by atoms with Crippen LogP contribution >= 0.6 is 0 Å². The molecule has 0 spiro atoms. The van der Waals surface area contributed by atoms with Crippen LogP contribution in [0.1, 0.15) is 17.2 Å². The number of allylic oxidation sites excluding steroid dienone is 1. The number of hydrogen-bond acceptors (Lipinski definition) is 5. The molecular formula is C19H14F4N4O2. The molecule has 4 rings (SSSR count). The Morgan fingerprint density at radius 3 is 2.03 bits per heavy atom. The van der Waals surface area contributed by atoms with Crippen LogP contribution in [0, 0.1) is 0 Å². The number of nitrogens with one attached hydrogen (secondary N) is 1. The van der Waals surface area contributed by atoms with Gasteiger partial charge < -0.3 is 14.8 Å². The van der Waals surface area contributed by atoms with Crippen LogP contribution in [0.3, 0.4) is 0 Å². The molecule has 1 aromatic heterocycles. The molecule has 0 radical (unpaired) electrons. The zero-order valence-corrected chi connectivity index (χ0v) is 14.7. The number of rotatable bonds is 6. The molecule has 10 heteroatoms. The lowest BCUT2D eigenvalue weighted by atomic mass is 10.0. The normalized spacial score (nSPS) is 15.7. The van der Waals surface area contributed by atoms with Crippen molar-refractivity contribution in [3.05, 3.63) is 72.1 Å². The van der Waals surface area contributed by atoms with Crippen molar-refractivity contribution in [3.63, 3.8) is 0 Å². The highest BCUT2D eigenvalue weighted by Gasteiger charge is 2.23. The molecule has 150 valence electrons. The Labute approximate surface area is 162 Å². The van der Waals surface area contributed by atoms with Gasteiger partial charge in [0.1, 0.15) is 23.9 Å². The molecule has 0 aliphatic carbocycles. The van der Waals surface area contributed by atoms with Gasteiger partial charge in [-0.25, -0.2) is 4.68 Å². The minimum absolute atomic E-state index is 0.0505. The van der Waals surface area contributed by atoms with Crippen LogP contribution in [0.25, 0.3) is 5.70 Å². The number of anilines is 1. The van der Waals surface area contributed by atoms with Crippen LogP contribution in [0.2, 0.25) is 0 Å². The van der Waals surface area contributed by atoms with E-state index < -0.39 is 13.2 Å². The van der Waals surface area contributed by atoms with E-state index in [2.05, 4.69) is 24.9 Å². The molecule has 0 amide bonds. The maximum Gasteiger partial charge on any atom is 0.387 e. The molecule has 29 heavy (non-hydrogen) atoms. The second-order valence-corrected chi connectivity index (χ2v) is 6.03. The highest BCUT2D eigenvalue weighted by Crippen LogP contribution is 2.33. The number of benzene rings is 2. The number of alkyl halides is 4. The van der Waals surface area contributed by atoms with Gasteiger partial charge in [-0.2, -0.15) is 27.6 Å². The average molecular weight is 406 g/mol. The standard InChI is InChI=1S/C19H14F4N4O2/c20-17(21)28-13-5-1-11(2-6-13)15-9-16(27-19(26-15)24-10-25-27)12-3-7-14(8-4-12)29-18(22)23/h1-10,16-18H,(H,24,25,26). The number of fused-ring (bicyclic) bond motifs is 1. The van der Waals surface area contributed by atoms with Gasteiger partial charge in [0.05, 0.1) is 0 Å². The Balaban J connectivity index is 1.64. The summed E-state index contributed by atoms with van der Waals surface area (Å²) in [5, 5.41) is 7.33. The average Bonchev–Trinajstić information content (AvgIpc) is 3.16. The maximum atomic E-state index is 12.4. The molecule has 0 fully saturated rings. The highest BCUT2D eigenvalue weighted by molar-refractivity contribution is 5.77. The first-order valence-electron chi connectivity index (χ1n) is 8.48. The summed E-state index contributed by atoms with van der Waals surface area (Å²) in [7, 11) is 0. The number of ether oxygens (including phenoxy) is 2. The number of hydrogen-bond donors (Lipinski definition) is 1. The summed E-state index contributed by atoms with van der Waals surface area (Å²) in [6.45, 7) is -5.79. The van der Waals surface area contributed by atoms with Crippen LogP contribution in [0.5, 0.6) is 11.5 Å². The smallest absolute Gasteiger partial charge is 0.387 e. The number of nitrogens with zero attached hydrogens (tertiary/aromatic N) is 3. The second kappa shape index (κ2) is 7.82. The van der Waals surface area contributed by atoms with E-state index in [9.17, 15) is 17.6 Å². The van der Waals surface area contributed by atoms with Gasteiger partial charge in [-0.05, 0) is 53.6 Å². The Morgan fingerprint density at radius 1 is 0.862 bits per heavy atom. The van der Waals surface area contributed by atoms with Gasteiger partial charge in [-0.1, -0.05) is 12.1 Å². The van der Waals surface area contributed by atoms with E-state index in [1.807, 2.05) is 6.08 Å². The summed E-state index contributed by atoms with van der Waals surface area (Å²) in [6.07, 6.45) is 3.26. The first-order valence-corrected chi connectivity index (χ1v) is 8.48. The van der Waals surface area contributed by atoms with Crippen molar-refractivity contribution in [2.45, 2.75) is 19.3 Å². The summed E-state index contributed by atoms with van der Waals surface area (Å²) < 4.78 is 59.8. The molecule has 1 unspecified atom stereocenters. The zero-order valence-electron chi connectivity index (χ0n) is 14.7. The van der Waals surface area contributed by atoms with Crippen LogP contribution in [-0.4, -0.2) is 28.0 Å². The molecule has 1 atom stereocenters. The van der Waals surface area contributed by atoms with Gasteiger partial charge in [0.15, 0.2) is 0 Å². The predicted octanol–water partition coefficient (Wildman–Crippen LogP) is 4.54. The van der Waals surface area contributed by atoms with Crippen molar-refractivity contribution in [2.75, 3.05) is 5.32 Å². The van der Waals surface area contributed by atoms with E-state index in [-0.39, 0.29) is 17.5 Å². The van der Waals surface area contributed by atoms with Gasteiger partial charge in [-0.3, -0.25) is 0 Å². The lowest BCUT2D eigenvalue weighted by Gasteiger charge is -2.24. The van der Waals surface area contributed by atoms with E-state index in [1.54, 1.807) is 28.9 Å². The van der Waals surface area contributed by atoms with Crippen LogP contribution in [0.4, 0.5) is 23.5 Å². The van der Waals surface area contributed by atoms with Crippen molar-refractivity contribution in [1.29, 1.82) is 0 Å². The Hall–Kier alpha value is -3.56. The number of halogens is 4. The SMILES string of the molecule is FC(F)Oc1ccc(C2=CC(c3ccc(OC(F)F)cc3)n3ncnc3N2)cc1. The van der Waals surface area contributed by atoms with Gasteiger partial charge >= 0.3 is 13.2 Å². The first-order chi connectivity index (χ1) is 14.0. The fraction of sp³-hybridized carbons (Fsp3) is 0.158. The fourth-order valence-electron chi connectivity index (χ4n) is 3.00. The molecule has 0 bridgehead atoms. The topological polar surface area (TPSA) is 61.2 Å².